The van der Waals surface area contributed by atoms with Crippen molar-refractivity contribution in [2.45, 2.75) is 12.6 Å². The van der Waals surface area contributed by atoms with Crippen molar-refractivity contribution in [3.8, 4) is 5.75 Å². The highest BCUT2D eigenvalue weighted by Crippen LogP contribution is 2.40. The largest absolute Gasteiger partial charge is 0.507 e. The Balaban J connectivity index is 1.48. The lowest BCUT2D eigenvalue weighted by molar-refractivity contribution is -0.140. The van der Waals surface area contributed by atoms with E-state index in [-0.39, 0.29) is 11.3 Å². The fraction of sp³-hybridized carbons (Fsp3) is 0.276. The van der Waals surface area contributed by atoms with Gasteiger partial charge in [0.2, 0.25) is 0 Å². The lowest BCUT2D eigenvalue weighted by Gasteiger charge is -2.31. The molecular weight excluding hydrogens is 470 g/mol. The van der Waals surface area contributed by atoms with Gasteiger partial charge in [-0.3, -0.25) is 19.5 Å². The highest BCUT2D eigenvalue weighted by atomic mass is 16.5. The molecule has 8 nitrogen and oxygen atoms in total. The van der Waals surface area contributed by atoms with Crippen LogP contribution in [0.25, 0.3) is 5.76 Å². The molecule has 2 saturated heterocycles. The number of aliphatic hydroxyl groups is 1. The minimum absolute atomic E-state index is 0.0680. The molecule has 2 aromatic carbocycles. The van der Waals surface area contributed by atoms with Crippen LogP contribution >= 0.6 is 0 Å². The van der Waals surface area contributed by atoms with E-state index in [0.29, 0.717) is 49.8 Å². The monoisotopic (exact) mass is 499 g/mol. The molecule has 190 valence electrons. The number of morpholine rings is 1. The van der Waals surface area contributed by atoms with Gasteiger partial charge in [-0.05, 0) is 35.4 Å². The Bertz CT molecular complexity index is 1270. The highest BCUT2D eigenvalue weighted by molar-refractivity contribution is 6.46. The standard InChI is InChI=1S/C29H29N3O5/c33-27(22-9-11-30-12-10-22)25-26(32(29(35)28(25)34)14-13-31-15-17-36-18-16-31)23-7-4-8-24(19-23)37-20-21-5-2-1-3-6-21/h1-12,19,26,33H,13-18,20H2/b27-25+. The van der Waals surface area contributed by atoms with E-state index in [2.05, 4.69) is 9.88 Å². The Morgan fingerprint density at radius 1 is 0.973 bits per heavy atom. The summed E-state index contributed by atoms with van der Waals surface area (Å²) in [6.45, 7) is 4.17. The van der Waals surface area contributed by atoms with Crippen LogP contribution in [0.3, 0.4) is 0 Å². The predicted octanol–water partition coefficient (Wildman–Crippen LogP) is 3.41. The minimum Gasteiger partial charge on any atom is -0.507 e. The van der Waals surface area contributed by atoms with E-state index in [0.717, 1.165) is 18.7 Å². The molecule has 3 aromatic rings. The summed E-state index contributed by atoms with van der Waals surface area (Å²) in [4.78, 5) is 34.3. The van der Waals surface area contributed by atoms with Crippen LogP contribution in [0.1, 0.15) is 22.7 Å². The van der Waals surface area contributed by atoms with Crippen LogP contribution in [0.4, 0.5) is 0 Å². The lowest BCUT2D eigenvalue weighted by Crippen LogP contribution is -2.42. The molecule has 8 heteroatoms. The molecule has 3 heterocycles. The predicted molar refractivity (Wildman–Crippen MR) is 138 cm³/mol. The normalized spacial score (nSPS) is 19.8. The summed E-state index contributed by atoms with van der Waals surface area (Å²) in [5.41, 5.74) is 2.23. The lowest BCUT2D eigenvalue weighted by atomic mass is 9.95. The van der Waals surface area contributed by atoms with Gasteiger partial charge in [0.25, 0.3) is 11.7 Å². The summed E-state index contributed by atoms with van der Waals surface area (Å²) in [7, 11) is 0. The number of nitrogens with zero attached hydrogens (tertiary/aromatic N) is 3. The first-order valence-electron chi connectivity index (χ1n) is 12.4. The van der Waals surface area contributed by atoms with Crippen LogP contribution in [0.2, 0.25) is 0 Å². The second kappa shape index (κ2) is 11.4. The molecule has 1 aromatic heterocycles. The van der Waals surface area contributed by atoms with Crippen molar-refractivity contribution in [1.82, 2.24) is 14.8 Å². The molecule has 1 N–H and O–H groups in total. The molecule has 2 aliphatic rings. The molecule has 0 bridgehead atoms. The molecule has 2 aliphatic heterocycles. The third kappa shape index (κ3) is 5.55. The van der Waals surface area contributed by atoms with Crippen molar-refractivity contribution in [2.75, 3.05) is 39.4 Å². The topological polar surface area (TPSA) is 92.2 Å². The van der Waals surface area contributed by atoms with Gasteiger partial charge in [0, 0.05) is 44.1 Å². The zero-order valence-electron chi connectivity index (χ0n) is 20.5. The second-order valence-corrected chi connectivity index (χ2v) is 9.03. The summed E-state index contributed by atoms with van der Waals surface area (Å²) in [6, 6.07) is 19.7. The Kier molecular flexibility index (Phi) is 7.58. The summed E-state index contributed by atoms with van der Waals surface area (Å²) >= 11 is 0. The van der Waals surface area contributed by atoms with E-state index < -0.39 is 17.7 Å². The summed E-state index contributed by atoms with van der Waals surface area (Å²) in [5.74, 6) is -0.916. The number of ketones is 1. The van der Waals surface area contributed by atoms with Gasteiger partial charge in [-0.1, -0.05) is 42.5 Å². The average molecular weight is 500 g/mol. The number of ether oxygens (including phenoxy) is 2. The van der Waals surface area contributed by atoms with Crippen LogP contribution in [0, 0.1) is 0 Å². The van der Waals surface area contributed by atoms with E-state index in [4.69, 9.17) is 9.47 Å². The SMILES string of the molecule is O=C1C(=O)N(CCN2CCOCC2)C(c2cccc(OCc3ccccc3)c2)/C1=C(\O)c1ccncc1. The third-order valence-corrected chi connectivity index (χ3v) is 6.68. The number of hydrogen-bond donors (Lipinski definition) is 1. The van der Waals surface area contributed by atoms with Crippen LogP contribution in [-0.2, 0) is 20.9 Å². The van der Waals surface area contributed by atoms with E-state index in [9.17, 15) is 14.7 Å². The summed E-state index contributed by atoms with van der Waals surface area (Å²) < 4.78 is 11.4. The molecule has 5 rings (SSSR count). The number of Topliss-reactive ketones (excluding diaryl/α,β-unsaturated/α-hetero) is 1. The van der Waals surface area contributed by atoms with Gasteiger partial charge in [-0.15, -0.1) is 0 Å². The third-order valence-electron chi connectivity index (χ3n) is 6.68. The van der Waals surface area contributed by atoms with Crippen molar-refractivity contribution < 1.29 is 24.2 Å². The summed E-state index contributed by atoms with van der Waals surface area (Å²) in [5, 5.41) is 11.2. The number of rotatable bonds is 8. The number of carbonyl (C=O) groups is 2. The molecule has 1 atom stereocenters. The number of benzene rings is 2. The maximum absolute atomic E-state index is 13.3. The Hall–Kier alpha value is -4.01. The molecule has 0 spiro atoms. The van der Waals surface area contributed by atoms with Gasteiger partial charge in [0.05, 0.1) is 24.8 Å². The Morgan fingerprint density at radius 3 is 2.49 bits per heavy atom. The Morgan fingerprint density at radius 2 is 1.73 bits per heavy atom. The van der Waals surface area contributed by atoms with Crippen molar-refractivity contribution in [3.05, 3.63) is 101 Å². The molecule has 2 fully saturated rings. The van der Waals surface area contributed by atoms with E-state index in [1.54, 1.807) is 17.0 Å². The first-order valence-corrected chi connectivity index (χ1v) is 12.4. The van der Waals surface area contributed by atoms with Gasteiger partial charge in [0.15, 0.2) is 0 Å². The quantitative estimate of drug-likeness (QED) is 0.288. The van der Waals surface area contributed by atoms with Gasteiger partial charge in [0.1, 0.15) is 18.1 Å². The maximum Gasteiger partial charge on any atom is 0.295 e. The first kappa shape index (κ1) is 24.7. The first-order chi connectivity index (χ1) is 18.1. The van der Waals surface area contributed by atoms with Gasteiger partial charge in [-0.2, -0.15) is 0 Å². The zero-order chi connectivity index (χ0) is 25.6. The fourth-order valence-corrected chi connectivity index (χ4v) is 4.71. The molecule has 37 heavy (non-hydrogen) atoms. The number of amides is 1. The molecule has 1 unspecified atom stereocenters. The van der Waals surface area contributed by atoms with Gasteiger partial charge in [-0.25, -0.2) is 0 Å². The van der Waals surface area contributed by atoms with E-state index >= 15 is 0 Å². The molecule has 0 aliphatic carbocycles. The van der Waals surface area contributed by atoms with Gasteiger partial charge < -0.3 is 19.5 Å². The molecule has 0 radical (unpaired) electrons. The Labute approximate surface area is 215 Å². The summed E-state index contributed by atoms with van der Waals surface area (Å²) in [6.07, 6.45) is 3.08. The average Bonchev–Trinajstić information content (AvgIpc) is 3.21. The number of pyridine rings is 1. The second-order valence-electron chi connectivity index (χ2n) is 9.03. The van der Waals surface area contributed by atoms with Crippen LogP contribution < -0.4 is 4.74 Å². The van der Waals surface area contributed by atoms with E-state index in [1.807, 2.05) is 54.6 Å². The van der Waals surface area contributed by atoms with Crippen LogP contribution in [0.15, 0.2) is 84.7 Å². The molecule has 0 saturated carbocycles. The number of hydrogen-bond acceptors (Lipinski definition) is 7. The number of likely N-dealkylation sites (tertiary alicyclic amines) is 1. The van der Waals surface area contributed by atoms with Crippen molar-refractivity contribution in [2.24, 2.45) is 0 Å². The molecule has 1 amide bonds. The number of carbonyl (C=O) groups excluding carboxylic acids is 2. The zero-order valence-corrected chi connectivity index (χ0v) is 20.5. The number of aliphatic hydroxyl groups excluding tert-OH is 1. The number of aromatic nitrogens is 1. The fourth-order valence-electron chi connectivity index (χ4n) is 4.71. The minimum atomic E-state index is -0.741. The maximum atomic E-state index is 13.3. The highest BCUT2D eigenvalue weighted by Gasteiger charge is 2.46. The smallest absolute Gasteiger partial charge is 0.295 e. The van der Waals surface area contributed by atoms with E-state index in [1.165, 1.54) is 12.4 Å². The van der Waals surface area contributed by atoms with Crippen LogP contribution in [-0.4, -0.2) is 71.0 Å². The van der Waals surface area contributed by atoms with Crippen LogP contribution in [0.5, 0.6) is 5.75 Å². The van der Waals surface area contributed by atoms with Crippen molar-refractivity contribution in [3.63, 3.8) is 0 Å². The molecular formula is C29H29N3O5. The van der Waals surface area contributed by atoms with Gasteiger partial charge >= 0.3 is 0 Å². The van der Waals surface area contributed by atoms with Crippen molar-refractivity contribution >= 4 is 17.4 Å². The van der Waals surface area contributed by atoms with Crippen molar-refractivity contribution in [1.29, 1.82) is 0 Å².